The fourth-order valence-corrected chi connectivity index (χ4v) is 2.45. The molecule has 27 heavy (non-hydrogen) atoms. The number of nitrogens with zero attached hydrogens (tertiary/aromatic N) is 1. The molecule has 0 amide bonds. The average Bonchev–Trinajstić information content (AvgIpc) is 2.61. The first-order valence-corrected chi connectivity index (χ1v) is 8.00. The number of pyridine rings is 1. The second-order valence-corrected chi connectivity index (χ2v) is 5.77. The Hall–Kier alpha value is -2.35. The van der Waals surface area contributed by atoms with Gasteiger partial charge >= 0.3 is 6.18 Å². The van der Waals surface area contributed by atoms with Gasteiger partial charge in [0.15, 0.2) is 6.20 Å². The van der Waals surface area contributed by atoms with E-state index < -0.39 is 11.7 Å². The summed E-state index contributed by atoms with van der Waals surface area (Å²) in [4.78, 5) is 0. The third-order valence-corrected chi connectivity index (χ3v) is 3.80. The monoisotopic (exact) mass is 483 g/mol. The van der Waals surface area contributed by atoms with E-state index >= 15 is 0 Å². The molecule has 3 rings (SSSR count). The lowest BCUT2D eigenvalue weighted by molar-refractivity contribution is -0.673. The molecule has 3 aromatic rings. The van der Waals surface area contributed by atoms with Gasteiger partial charge in [-0.2, -0.15) is 13.2 Å². The van der Waals surface area contributed by atoms with Crippen molar-refractivity contribution in [3.8, 4) is 11.5 Å². The lowest BCUT2D eigenvalue weighted by Crippen LogP contribution is -3.00. The van der Waals surface area contributed by atoms with Crippen LogP contribution in [0.1, 0.15) is 16.8 Å². The molecule has 0 saturated heterocycles. The summed E-state index contributed by atoms with van der Waals surface area (Å²) in [5.74, 6) is 0.624. The number of rotatable bonds is 4. The van der Waals surface area contributed by atoms with Crippen molar-refractivity contribution >= 4 is 12.2 Å². The van der Waals surface area contributed by atoms with E-state index in [0.717, 1.165) is 23.4 Å². The molecule has 0 saturated carbocycles. The summed E-state index contributed by atoms with van der Waals surface area (Å²) in [7, 11) is 1.95. The van der Waals surface area contributed by atoms with Crippen molar-refractivity contribution in [2.24, 2.45) is 7.05 Å². The number of hydrogen-bond acceptors (Lipinski definition) is 1. The van der Waals surface area contributed by atoms with Crippen LogP contribution in [0.2, 0.25) is 0 Å². The lowest BCUT2D eigenvalue weighted by Gasteiger charge is -2.10. The standard InChI is InChI=1S/C21H17F3NO.HI/c1-25-13-3-2-8-18(25)12-11-16-6-4-9-19(14-16)26-20-10-5-7-17(15-20)21(22,23)24;/h2-15H,1H3;1H/q+1;/p-1/b12-11+;. The first kappa shape index (κ1) is 21.0. The number of halogens is 4. The molecular formula is C21H17F3INO. The van der Waals surface area contributed by atoms with Gasteiger partial charge in [0.05, 0.1) is 5.56 Å². The van der Waals surface area contributed by atoms with Crippen molar-refractivity contribution in [2.45, 2.75) is 6.18 Å². The maximum Gasteiger partial charge on any atom is 0.416 e. The van der Waals surface area contributed by atoms with Crippen molar-refractivity contribution in [3.63, 3.8) is 0 Å². The van der Waals surface area contributed by atoms with E-state index in [1.165, 1.54) is 12.1 Å². The Balaban J connectivity index is 0.00000261. The normalized spacial score (nSPS) is 11.3. The average molecular weight is 483 g/mol. The van der Waals surface area contributed by atoms with Gasteiger partial charge in [0.2, 0.25) is 5.69 Å². The highest BCUT2D eigenvalue weighted by molar-refractivity contribution is 5.67. The summed E-state index contributed by atoms with van der Waals surface area (Å²) in [5.41, 5.74) is 1.18. The second kappa shape index (κ2) is 9.03. The molecule has 0 unspecified atom stereocenters. The Morgan fingerprint density at radius 1 is 0.852 bits per heavy atom. The minimum absolute atomic E-state index is 0. The summed E-state index contributed by atoms with van der Waals surface area (Å²) in [5, 5.41) is 0. The first-order chi connectivity index (χ1) is 12.4. The number of hydrogen-bond donors (Lipinski definition) is 0. The van der Waals surface area contributed by atoms with E-state index in [1.54, 1.807) is 18.2 Å². The smallest absolute Gasteiger partial charge is 0.416 e. The van der Waals surface area contributed by atoms with Gasteiger partial charge in [-0.3, -0.25) is 0 Å². The van der Waals surface area contributed by atoms with E-state index in [9.17, 15) is 13.2 Å². The van der Waals surface area contributed by atoms with Gasteiger partial charge < -0.3 is 28.7 Å². The highest BCUT2D eigenvalue weighted by atomic mass is 127. The Bertz CT molecular complexity index is 938. The lowest BCUT2D eigenvalue weighted by atomic mass is 10.1. The Morgan fingerprint density at radius 2 is 1.56 bits per heavy atom. The van der Waals surface area contributed by atoms with E-state index in [1.807, 2.05) is 54.2 Å². The van der Waals surface area contributed by atoms with Gasteiger partial charge in [-0.1, -0.05) is 18.2 Å². The molecule has 0 N–H and O–H groups in total. The van der Waals surface area contributed by atoms with Crippen LogP contribution in [0.15, 0.2) is 72.9 Å². The van der Waals surface area contributed by atoms with Crippen molar-refractivity contribution in [3.05, 3.63) is 89.7 Å². The zero-order valence-corrected chi connectivity index (χ0v) is 16.6. The summed E-state index contributed by atoms with van der Waals surface area (Å²) in [6.45, 7) is 0. The maximum atomic E-state index is 12.8. The van der Waals surface area contributed by atoms with Crippen LogP contribution in [-0.2, 0) is 13.2 Å². The zero-order chi connectivity index (χ0) is 18.6. The van der Waals surface area contributed by atoms with Crippen LogP contribution < -0.4 is 33.3 Å². The van der Waals surface area contributed by atoms with Gasteiger partial charge in [-0.25, -0.2) is 4.57 Å². The van der Waals surface area contributed by atoms with Gasteiger partial charge in [0.1, 0.15) is 18.5 Å². The Kier molecular flexibility index (Phi) is 7.01. The van der Waals surface area contributed by atoms with Crippen molar-refractivity contribution in [2.75, 3.05) is 0 Å². The van der Waals surface area contributed by atoms with E-state index in [4.69, 9.17) is 4.74 Å². The van der Waals surface area contributed by atoms with Crippen LogP contribution >= 0.6 is 0 Å². The first-order valence-electron chi connectivity index (χ1n) is 8.00. The molecule has 2 nitrogen and oxygen atoms in total. The largest absolute Gasteiger partial charge is 1.00 e. The number of alkyl halides is 3. The maximum absolute atomic E-state index is 12.8. The highest BCUT2D eigenvalue weighted by Gasteiger charge is 2.30. The molecule has 2 aromatic carbocycles. The number of ether oxygens (including phenoxy) is 1. The molecule has 1 aromatic heterocycles. The third-order valence-electron chi connectivity index (χ3n) is 3.80. The van der Waals surface area contributed by atoms with Crippen LogP contribution in [-0.4, -0.2) is 0 Å². The minimum Gasteiger partial charge on any atom is -1.00 e. The molecular weight excluding hydrogens is 466 g/mol. The summed E-state index contributed by atoms with van der Waals surface area (Å²) in [6.07, 6.45) is 1.44. The predicted molar refractivity (Wildman–Crippen MR) is 94.5 cm³/mol. The highest BCUT2D eigenvalue weighted by Crippen LogP contribution is 2.32. The molecule has 0 fully saturated rings. The van der Waals surface area contributed by atoms with Gasteiger partial charge in [0.25, 0.3) is 0 Å². The number of aryl methyl sites for hydroxylation is 1. The summed E-state index contributed by atoms with van der Waals surface area (Å²) >= 11 is 0. The molecule has 0 bridgehead atoms. The number of benzene rings is 2. The Morgan fingerprint density at radius 3 is 2.26 bits per heavy atom. The second-order valence-electron chi connectivity index (χ2n) is 5.77. The fraction of sp³-hybridized carbons (Fsp3) is 0.0952. The minimum atomic E-state index is -4.39. The molecule has 0 radical (unpaired) electrons. The van der Waals surface area contributed by atoms with Crippen molar-refractivity contribution in [1.82, 2.24) is 0 Å². The van der Waals surface area contributed by atoms with Crippen molar-refractivity contribution in [1.29, 1.82) is 0 Å². The molecule has 0 aliphatic heterocycles. The quantitative estimate of drug-likeness (QED) is 0.411. The topological polar surface area (TPSA) is 13.1 Å². The molecule has 140 valence electrons. The molecule has 0 spiro atoms. The fourth-order valence-electron chi connectivity index (χ4n) is 2.45. The van der Waals surface area contributed by atoms with Crippen LogP contribution in [0.5, 0.6) is 11.5 Å². The van der Waals surface area contributed by atoms with Crippen LogP contribution in [0.25, 0.3) is 12.2 Å². The zero-order valence-electron chi connectivity index (χ0n) is 14.5. The van der Waals surface area contributed by atoms with E-state index in [-0.39, 0.29) is 29.7 Å². The molecule has 6 heteroatoms. The van der Waals surface area contributed by atoms with Crippen LogP contribution in [0, 0.1) is 0 Å². The molecule has 0 aliphatic carbocycles. The number of aromatic nitrogens is 1. The van der Waals surface area contributed by atoms with Gasteiger partial charge in [0, 0.05) is 18.2 Å². The third kappa shape index (κ3) is 5.82. The van der Waals surface area contributed by atoms with E-state index in [0.29, 0.717) is 5.75 Å². The van der Waals surface area contributed by atoms with Crippen molar-refractivity contribution < 1.29 is 46.5 Å². The predicted octanol–water partition coefficient (Wildman–Crippen LogP) is 2.50. The van der Waals surface area contributed by atoms with Crippen LogP contribution in [0.3, 0.4) is 0 Å². The van der Waals surface area contributed by atoms with E-state index in [2.05, 4.69) is 0 Å². The molecule has 1 heterocycles. The van der Waals surface area contributed by atoms with Crippen LogP contribution in [0.4, 0.5) is 13.2 Å². The molecule has 0 aliphatic rings. The van der Waals surface area contributed by atoms with Gasteiger partial charge in [-0.15, -0.1) is 0 Å². The summed E-state index contributed by atoms with van der Waals surface area (Å²) in [6, 6.07) is 17.9. The van der Waals surface area contributed by atoms with Gasteiger partial charge in [-0.05, 0) is 48.0 Å². The summed E-state index contributed by atoms with van der Waals surface area (Å²) < 4.78 is 46.0. The SMILES string of the molecule is C[n+]1ccccc1/C=C/c1cccc(Oc2cccc(C(F)(F)F)c2)c1.[I-]. The Labute approximate surface area is 172 Å². The molecule has 0 atom stereocenters.